The third-order valence-corrected chi connectivity index (χ3v) is 5.39. The number of carbonyl (C=O) groups excluding carboxylic acids is 2. The Labute approximate surface area is 131 Å². The van der Waals surface area contributed by atoms with Crippen LogP contribution < -0.4 is 0 Å². The predicted molar refractivity (Wildman–Crippen MR) is 77.9 cm³/mol. The molecule has 0 fully saturated rings. The lowest BCUT2D eigenvalue weighted by atomic mass is 10.4. The van der Waals surface area contributed by atoms with E-state index in [4.69, 9.17) is 10.00 Å². The average molecular weight is 410 g/mol. The summed E-state index contributed by atoms with van der Waals surface area (Å²) in [7, 11) is 1.56. The van der Waals surface area contributed by atoms with Gasteiger partial charge in [0.25, 0.3) is 5.91 Å². The standard InChI is InChI=1S/C11H10Br2N2O3S/c1-15(4-2-3-14)9(16)6-18-11(17)8-5-7(12)10(13)19-8/h5H,2,4,6H2,1H3. The van der Waals surface area contributed by atoms with E-state index in [-0.39, 0.29) is 18.9 Å². The van der Waals surface area contributed by atoms with Gasteiger partial charge in [0.05, 0.1) is 16.3 Å². The molecule has 8 heteroatoms. The van der Waals surface area contributed by atoms with Crippen LogP contribution in [0.5, 0.6) is 0 Å². The van der Waals surface area contributed by atoms with Gasteiger partial charge in [-0.3, -0.25) is 4.79 Å². The SMILES string of the molecule is CN(CCC#N)C(=O)COC(=O)c1cc(Br)c(Br)s1. The molecule has 0 unspecified atom stereocenters. The first kappa shape index (κ1) is 16.1. The lowest BCUT2D eigenvalue weighted by Crippen LogP contribution is -2.31. The van der Waals surface area contributed by atoms with Crippen molar-refractivity contribution >= 4 is 55.1 Å². The van der Waals surface area contributed by atoms with Gasteiger partial charge in [-0.25, -0.2) is 4.79 Å². The van der Waals surface area contributed by atoms with Gasteiger partial charge < -0.3 is 9.64 Å². The molecule has 0 N–H and O–H groups in total. The van der Waals surface area contributed by atoms with Gasteiger partial charge in [-0.05, 0) is 37.9 Å². The maximum absolute atomic E-state index is 11.7. The van der Waals surface area contributed by atoms with Gasteiger partial charge in [0, 0.05) is 18.1 Å². The summed E-state index contributed by atoms with van der Waals surface area (Å²) in [5, 5.41) is 8.41. The molecule has 0 aliphatic carbocycles. The Hall–Kier alpha value is -0.910. The summed E-state index contributed by atoms with van der Waals surface area (Å²) < 4.78 is 6.47. The van der Waals surface area contributed by atoms with E-state index in [1.54, 1.807) is 13.1 Å². The highest BCUT2D eigenvalue weighted by molar-refractivity contribution is 9.13. The Kier molecular flexibility index (Phi) is 6.48. The molecule has 0 aliphatic rings. The molecule has 1 aromatic heterocycles. The summed E-state index contributed by atoms with van der Waals surface area (Å²) >= 11 is 7.76. The second kappa shape index (κ2) is 7.62. The zero-order valence-corrected chi connectivity index (χ0v) is 14.0. The van der Waals surface area contributed by atoms with Crippen LogP contribution in [-0.2, 0) is 9.53 Å². The molecular weight excluding hydrogens is 400 g/mol. The second-order valence-electron chi connectivity index (χ2n) is 3.53. The summed E-state index contributed by atoms with van der Waals surface area (Å²) in [5.74, 6) is -0.878. The molecule has 1 rings (SSSR count). The Morgan fingerprint density at radius 3 is 2.74 bits per heavy atom. The van der Waals surface area contributed by atoms with Crippen LogP contribution in [0.25, 0.3) is 0 Å². The minimum Gasteiger partial charge on any atom is -0.451 e. The van der Waals surface area contributed by atoms with E-state index in [2.05, 4.69) is 31.9 Å². The number of hydrogen-bond acceptors (Lipinski definition) is 5. The number of rotatable bonds is 5. The fourth-order valence-corrected chi connectivity index (χ4v) is 3.03. The number of nitrogens with zero attached hydrogens (tertiary/aromatic N) is 2. The monoisotopic (exact) mass is 408 g/mol. The van der Waals surface area contributed by atoms with Crippen LogP contribution in [0.3, 0.4) is 0 Å². The van der Waals surface area contributed by atoms with E-state index < -0.39 is 5.97 Å². The molecule has 0 radical (unpaired) electrons. The number of amides is 1. The third kappa shape index (κ3) is 4.93. The Morgan fingerprint density at radius 2 is 2.21 bits per heavy atom. The maximum atomic E-state index is 11.7. The highest BCUT2D eigenvalue weighted by atomic mass is 79.9. The highest BCUT2D eigenvalue weighted by Crippen LogP contribution is 2.32. The molecule has 0 aliphatic heterocycles. The number of likely N-dealkylation sites (N-methyl/N-ethyl adjacent to an activating group) is 1. The lowest BCUT2D eigenvalue weighted by molar-refractivity contribution is -0.133. The van der Waals surface area contributed by atoms with Gasteiger partial charge in [-0.2, -0.15) is 5.26 Å². The molecule has 1 amide bonds. The van der Waals surface area contributed by atoms with Crippen molar-refractivity contribution in [2.75, 3.05) is 20.2 Å². The first-order valence-corrected chi connectivity index (χ1v) is 7.58. The summed E-state index contributed by atoms with van der Waals surface area (Å²) in [6.07, 6.45) is 0.251. The van der Waals surface area contributed by atoms with Gasteiger partial charge >= 0.3 is 5.97 Å². The third-order valence-electron chi connectivity index (χ3n) is 2.16. The summed E-state index contributed by atoms with van der Waals surface area (Å²) in [5.41, 5.74) is 0. The van der Waals surface area contributed by atoms with Crippen molar-refractivity contribution in [2.45, 2.75) is 6.42 Å². The van der Waals surface area contributed by atoms with Crippen LogP contribution in [0.4, 0.5) is 0 Å². The minimum absolute atomic E-state index is 0.251. The minimum atomic E-state index is -0.543. The molecule has 1 heterocycles. The van der Waals surface area contributed by atoms with E-state index in [1.807, 2.05) is 6.07 Å². The first-order valence-electron chi connectivity index (χ1n) is 5.18. The number of halogens is 2. The van der Waals surface area contributed by atoms with Crippen molar-refractivity contribution in [3.8, 4) is 6.07 Å². The molecular formula is C11H10Br2N2O3S. The van der Waals surface area contributed by atoms with Gasteiger partial charge in [-0.1, -0.05) is 0 Å². The molecule has 0 saturated carbocycles. The van der Waals surface area contributed by atoms with Crippen LogP contribution in [0, 0.1) is 11.3 Å². The lowest BCUT2D eigenvalue weighted by Gasteiger charge is -2.14. The van der Waals surface area contributed by atoms with E-state index in [0.717, 1.165) is 8.26 Å². The largest absolute Gasteiger partial charge is 0.451 e. The maximum Gasteiger partial charge on any atom is 0.348 e. The number of hydrogen-bond donors (Lipinski definition) is 0. The van der Waals surface area contributed by atoms with Gasteiger partial charge in [0.15, 0.2) is 6.61 Å². The zero-order chi connectivity index (χ0) is 14.4. The van der Waals surface area contributed by atoms with Crippen LogP contribution in [-0.4, -0.2) is 37.0 Å². The van der Waals surface area contributed by atoms with Crippen LogP contribution >= 0.6 is 43.2 Å². The summed E-state index contributed by atoms with van der Waals surface area (Å²) in [4.78, 5) is 25.0. The quantitative estimate of drug-likeness (QED) is 0.701. The van der Waals surface area contributed by atoms with E-state index >= 15 is 0 Å². The Morgan fingerprint density at radius 1 is 1.53 bits per heavy atom. The molecule has 1 aromatic rings. The molecule has 0 saturated heterocycles. The zero-order valence-electron chi connectivity index (χ0n) is 9.98. The number of ether oxygens (including phenoxy) is 1. The first-order chi connectivity index (χ1) is 8.95. The topological polar surface area (TPSA) is 70.4 Å². The predicted octanol–water partition coefficient (Wildman–Crippen LogP) is 2.80. The van der Waals surface area contributed by atoms with Gasteiger partial charge in [0.2, 0.25) is 0 Å². The number of carbonyl (C=O) groups is 2. The Balaban J connectivity index is 2.46. The molecule has 0 aromatic carbocycles. The Bertz CT molecular complexity index is 505. The fourth-order valence-electron chi connectivity index (χ4n) is 1.10. The highest BCUT2D eigenvalue weighted by Gasteiger charge is 2.16. The van der Waals surface area contributed by atoms with Crippen molar-refractivity contribution in [1.82, 2.24) is 4.90 Å². The van der Waals surface area contributed by atoms with Crippen LogP contribution in [0.1, 0.15) is 16.1 Å². The van der Waals surface area contributed by atoms with Gasteiger partial charge in [-0.15, -0.1) is 11.3 Å². The molecule has 5 nitrogen and oxygen atoms in total. The molecule has 0 atom stereocenters. The molecule has 0 spiro atoms. The second-order valence-corrected chi connectivity index (χ2v) is 6.76. The van der Waals surface area contributed by atoms with Crippen molar-refractivity contribution in [3.63, 3.8) is 0 Å². The number of nitriles is 1. The molecule has 102 valence electrons. The molecule has 0 bridgehead atoms. The fraction of sp³-hybridized carbons (Fsp3) is 0.364. The van der Waals surface area contributed by atoms with Gasteiger partial charge in [0.1, 0.15) is 4.88 Å². The van der Waals surface area contributed by atoms with E-state index in [0.29, 0.717) is 11.4 Å². The molecule has 19 heavy (non-hydrogen) atoms. The van der Waals surface area contributed by atoms with Crippen molar-refractivity contribution in [3.05, 3.63) is 19.2 Å². The summed E-state index contributed by atoms with van der Waals surface area (Å²) in [6.45, 7) is -0.00309. The summed E-state index contributed by atoms with van der Waals surface area (Å²) in [6, 6.07) is 3.57. The smallest absolute Gasteiger partial charge is 0.348 e. The van der Waals surface area contributed by atoms with Crippen LogP contribution in [0.15, 0.2) is 14.3 Å². The average Bonchev–Trinajstić information content (AvgIpc) is 2.72. The van der Waals surface area contributed by atoms with E-state index in [9.17, 15) is 9.59 Å². The van der Waals surface area contributed by atoms with Crippen LogP contribution in [0.2, 0.25) is 0 Å². The number of esters is 1. The van der Waals surface area contributed by atoms with Crippen molar-refractivity contribution < 1.29 is 14.3 Å². The normalized spacial score (nSPS) is 9.79. The number of thiophene rings is 1. The van der Waals surface area contributed by atoms with E-state index in [1.165, 1.54) is 16.2 Å². The van der Waals surface area contributed by atoms with Crippen molar-refractivity contribution in [1.29, 1.82) is 5.26 Å². The van der Waals surface area contributed by atoms with Crippen molar-refractivity contribution in [2.24, 2.45) is 0 Å².